The molecule has 0 saturated carbocycles. The number of rotatable bonds is 7. The fraction of sp³-hybridized carbons (Fsp3) is 0.480. The summed E-state index contributed by atoms with van der Waals surface area (Å²) in [6.07, 6.45) is 4.60. The van der Waals surface area contributed by atoms with Crippen LogP contribution in [-0.2, 0) is 27.9 Å². The smallest absolute Gasteiger partial charge is 0.243 e. The molecule has 0 spiro atoms. The second-order valence-corrected chi connectivity index (χ2v) is 11.1. The van der Waals surface area contributed by atoms with Crippen molar-refractivity contribution in [1.82, 2.24) is 14.5 Å². The van der Waals surface area contributed by atoms with Gasteiger partial charge < -0.3 is 5.32 Å². The molecule has 2 aromatic carbocycles. The molecule has 2 fully saturated rings. The van der Waals surface area contributed by atoms with Crippen molar-refractivity contribution in [2.45, 2.75) is 50.1 Å². The van der Waals surface area contributed by atoms with Gasteiger partial charge in [0.05, 0.1) is 4.90 Å². The van der Waals surface area contributed by atoms with Crippen LogP contribution in [0.25, 0.3) is 0 Å². The molecule has 6 nitrogen and oxygen atoms in total. The molecule has 1 N–H and O–H groups in total. The van der Waals surface area contributed by atoms with Crippen molar-refractivity contribution >= 4 is 15.9 Å². The van der Waals surface area contributed by atoms with Gasteiger partial charge in [-0.2, -0.15) is 4.31 Å². The molecule has 0 unspecified atom stereocenters. The van der Waals surface area contributed by atoms with Crippen molar-refractivity contribution in [3.8, 4) is 0 Å². The van der Waals surface area contributed by atoms with E-state index >= 15 is 0 Å². The minimum absolute atomic E-state index is 0.0951. The molecule has 0 atom stereocenters. The number of likely N-dealkylation sites (tertiary alicyclic amines) is 1. The first kappa shape index (κ1) is 24.8. The van der Waals surface area contributed by atoms with E-state index in [-0.39, 0.29) is 29.8 Å². The Hall–Kier alpha value is -2.36. The number of sulfonamides is 1. The van der Waals surface area contributed by atoms with Crippen LogP contribution in [-0.4, -0.2) is 49.7 Å². The lowest BCUT2D eigenvalue weighted by molar-refractivity contribution is -0.126. The third kappa shape index (κ3) is 6.00. The lowest BCUT2D eigenvalue weighted by atomic mass is 9.97. The molecule has 0 radical (unpaired) electrons. The van der Waals surface area contributed by atoms with E-state index in [1.165, 1.54) is 29.1 Å². The van der Waals surface area contributed by atoms with E-state index in [4.69, 9.17) is 0 Å². The molecular weight excluding hydrogens is 460 g/mol. The van der Waals surface area contributed by atoms with Crippen LogP contribution in [0.4, 0.5) is 8.78 Å². The summed E-state index contributed by atoms with van der Waals surface area (Å²) in [5, 5.41) is 2.96. The standard InChI is InChI=1S/C25H31F2N3O3S/c26-23-9-8-22(16-24(23)27)34(32,33)30-14-10-21(11-15-30)25(31)28-17-19-4-6-20(7-5-19)18-29-12-2-1-3-13-29/h4-9,16,21H,1-3,10-15,17-18H2,(H,28,31). The highest BCUT2D eigenvalue weighted by Crippen LogP contribution is 2.25. The Labute approximate surface area is 200 Å². The van der Waals surface area contributed by atoms with E-state index in [0.717, 1.165) is 37.3 Å². The maximum absolute atomic E-state index is 13.5. The van der Waals surface area contributed by atoms with Crippen LogP contribution in [0.5, 0.6) is 0 Å². The first-order valence-corrected chi connectivity index (χ1v) is 13.3. The van der Waals surface area contributed by atoms with Crippen LogP contribution in [0, 0.1) is 17.6 Å². The minimum Gasteiger partial charge on any atom is -0.352 e. The molecule has 9 heteroatoms. The van der Waals surface area contributed by atoms with Gasteiger partial charge in [-0.1, -0.05) is 30.7 Å². The number of nitrogens with one attached hydrogen (secondary N) is 1. The molecule has 2 saturated heterocycles. The quantitative estimate of drug-likeness (QED) is 0.642. The zero-order valence-corrected chi connectivity index (χ0v) is 20.0. The summed E-state index contributed by atoms with van der Waals surface area (Å²) in [6.45, 7) is 4.00. The molecule has 2 aliphatic rings. The zero-order chi connectivity index (χ0) is 24.1. The van der Waals surface area contributed by atoms with E-state index in [9.17, 15) is 22.0 Å². The maximum Gasteiger partial charge on any atom is 0.243 e. The second-order valence-electron chi connectivity index (χ2n) is 9.13. The Morgan fingerprint density at radius 1 is 0.882 bits per heavy atom. The fourth-order valence-corrected chi connectivity index (χ4v) is 6.10. The number of piperidine rings is 2. The Morgan fingerprint density at radius 3 is 2.18 bits per heavy atom. The van der Waals surface area contributed by atoms with Gasteiger partial charge in [-0.3, -0.25) is 9.69 Å². The van der Waals surface area contributed by atoms with Gasteiger partial charge in [-0.05, 0) is 68.1 Å². The van der Waals surface area contributed by atoms with Crippen LogP contribution in [0.2, 0.25) is 0 Å². The van der Waals surface area contributed by atoms with Crippen LogP contribution in [0.1, 0.15) is 43.2 Å². The van der Waals surface area contributed by atoms with Crippen molar-refractivity contribution in [3.05, 3.63) is 65.2 Å². The van der Waals surface area contributed by atoms with Crippen LogP contribution >= 0.6 is 0 Å². The molecule has 0 aliphatic carbocycles. The van der Waals surface area contributed by atoms with Crippen molar-refractivity contribution in [2.24, 2.45) is 5.92 Å². The lowest BCUT2D eigenvalue weighted by Crippen LogP contribution is -2.42. The van der Waals surface area contributed by atoms with Gasteiger partial charge in [0.25, 0.3) is 0 Å². The summed E-state index contributed by atoms with van der Waals surface area (Å²) >= 11 is 0. The maximum atomic E-state index is 13.5. The average molecular weight is 492 g/mol. The Morgan fingerprint density at radius 2 is 1.53 bits per heavy atom. The number of nitrogens with zero attached hydrogens (tertiary/aromatic N) is 2. The largest absolute Gasteiger partial charge is 0.352 e. The van der Waals surface area contributed by atoms with Crippen LogP contribution in [0.15, 0.2) is 47.4 Å². The first-order valence-electron chi connectivity index (χ1n) is 11.9. The number of amides is 1. The molecular formula is C25H31F2N3O3S. The summed E-state index contributed by atoms with van der Waals surface area (Å²) < 4.78 is 53.3. The van der Waals surface area contributed by atoms with Gasteiger partial charge in [0, 0.05) is 32.1 Å². The summed E-state index contributed by atoms with van der Waals surface area (Å²) in [4.78, 5) is 14.8. The van der Waals surface area contributed by atoms with Crippen LogP contribution < -0.4 is 5.32 Å². The predicted octanol–water partition coefficient (Wildman–Crippen LogP) is 3.67. The summed E-state index contributed by atoms with van der Waals surface area (Å²) in [7, 11) is -3.93. The predicted molar refractivity (Wildman–Crippen MR) is 125 cm³/mol. The highest BCUT2D eigenvalue weighted by atomic mass is 32.2. The van der Waals surface area contributed by atoms with Crippen molar-refractivity contribution in [3.63, 3.8) is 0 Å². The minimum atomic E-state index is -3.93. The summed E-state index contributed by atoms with van der Waals surface area (Å²) in [6, 6.07) is 10.9. The zero-order valence-electron chi connectivity index (χ0n) is 19.2. The van der Waals surface area contributed by atoms with Gasteiger partial charge in [0.1, 0.15) is 0 Å². The molecule has 1 amide bonds. The highest BCUT2D eigenvalue weighted by Gasteiger charge is 2.32. The fourth-order valence-electron chi connectivity index (χ4n) is 4.62. The van der Waals surface area contributed by atoms with Crippen molar-refractivity contribution in [2.75, 3.05) is 26.2 Å². The van der Waals surface area contributed by atoms with Gasteiger partial charge in [0.15, 0.2) is 11.6 Å². The summed E-state index contributed by atoms with van der Waals surface area (Å²) in [5.74, 6) is -2.67. The van der Waals surface area contributed by atoms with Gasteiger partial charge in [-0.25, -0.2) is 17.2 Å². The van der Waals surface area contributed by atoms with Gasteiger partial charge in [0.2, 0.25) is 15.9 Å². The van der Waals surface area contributed by atoms with E-state index in [0.29, 0.717) is 25.5 Å². The number of hydrogen-bond acceptors (Lipinski definition) is 4. The Kier molecular flexibility index (Phi) is 7.95. The molecule has 184 valence electrons. The Balaban J connectivity index is 1.24. The molecule has 2 heterocycles. The van der Waals surface area contributed by atoms with E-state index in [1.807, 2.05) is 12.1 Å². The monoisotopic (exact) mass is 491 g/mol. The Bertz CT molecular complexity index is 1090. The van der Waals surface area contributed by atoms with E-state index < -0.39 is 21.7 Å². The number of hydrogen-bond donors (Lipinski definition) is 1. The van der Waals surface area contributed by atoms with Gasteiger partial charge in [-0.15, -0.1) is 0 Å². The average Bonchev–Trinajstić information content (AvgIpc) is 2.85. The second kappa shape index (κ2) is 10.9. The topological polar surface area (TPSA) is 69.7 Å². The number of carbonyl (C=O) groups excluding carboxylic acids is 1. The number of benzene rings is 2. The molecule has 0 bridgehead atoms. The third-order valence-corrected chi connectivity index (χ3v) is 8.59. The van der Waals surface area contributed by atoms with Crippen molar-refractivity contribution in [1.29, 1.82) is 0 Å². The van der Waals surface area contributed by atoms with Crippen LogP contribution in [0.3, 0.4) is 0 Å². The molecule has 4 rings (SSSR count). The lowest BCUT2D eigenvalue weighted by Gasteiger charge is -2.30. The first-order chi connectivity index (χ1) is 16.3. The normalized spacial score (nSPS) is 18.6. The molecule has 34 heavy (non-hydrogen) atoms. The summed E-state index contributed by atoms with van der Waals surface area (Å²) in [5.41, 5.74) is 2.29. The number of halogens is 2. The molecule has 2 aromatic rings. The SMILES string of the molecule is O=C(NCc1ccc(CN2CCCCC2)cc1)C1CCN(S(=O)(=O)c2ccc(F)c(F)c2)CC1. The van der Waals surface area contributed by atoms with Gasteiger partial charge >= 0.3 is 0 Å². The molecule has 0 aromatic heterocycles. The van der Waals surface area contributed by atoms with Crippen molar-refractivity contribution < 1.29 is 22.0 Å². The van der Waals surface area contributed by atoms with E-state index in [1.54, 1.807) is 0 Å². The van der Waals surface area contributed by atoms with E-state index in [2.05, 4.69) is 22.3 Å². The number of carbonyl (C=O) groups is 1. The highest BCUT2D eigenvalue weighted by molar-refractivity contribution is 7.89. The third-order valence-electron chi connectivity index (χ3n) is 6.70. The molecule has 2 aliphatic heterocycles.